The van der Waals surface area contributed by atoms with E-state index in [1.54, 1.807) is 6.20 Å². The fraction of sp³-hybridized carbons (Fsp3) is 0.173. The molecule has 4 aromatic carbocycles. The summed E-state index contributed by atoms with van der Waals surface area (Å²) in [5.41, 5.74) is 25.8. The summed E-state index contributed by atoms with van der Waals surface area (Å²) in [6.07, 6.45) is 18.2. The Labute approximate surface area is 338 Å². The molecule has 10 rings (SSSR count). The first-order valence-corrected chi connectivity index (χ1v) is 20.3. The highest BCUT2D eigenvalue weighted by atomic mass is 15.0. The van der Waals surface area contributed by atoms with E-state index < -0.39 is 0 Å². The first kappa shape index (κ1) is 35.6. The highest BCUT2D eigenvalue weighted by Crippen LogP contribution is 2.61. The molecule has 0 amide bonds. The molecule has 4 aromatic heterocycles. The zero-order valence-electron chi connectivity index (χ0n) is 33.6. The van der Waals surface area contributed by atoms with Crippen molar-refractivity contribution in [3.8, 4) is 27.9 Å². The maximum Gasteiger partial charge on any atom is 0.0645 e. The maximum absolute atomic E-state index is 7.81. The lowest BCUT2D eigenvalue weighted by Crippen LogP contribution is -2.24. The van der Waals surface area contributed by atoms with E-state index in [1.165, 1.54) is 83.3 Å². The molecular weight excluding hydrogens is 709 g/mol. The number of hydrogen-bond acceptors (Lipinski definition) is 4. The van der Waals surface area contributed by atoms with Gasteiger partial charge in [0.15, 0.2) is 0 Å². The SMILES string of the molecule is C=C/C(=C\C=N)c1ccc2c(c1)c1cc3c4c(c1n2/C(C)=C/C=C\N)C(C)C(C)c1c-4c(cc2c4cc(-c5ccncc5)ccc4n(-c4cccnc4)c12)C(C)C3C. The fourth-order valence-electron chi connectivity index (χ4n) is 10.3. The minimum Gasteiger partial charge on any atom is -0.405 e. The summed E-state index contributed by atoms with van der Waals surface area (Å²) in [5, 5.41) is 12.8. The highest BCUT2D eigenvalue weighted by Gasteiger charge is 2.42. The molecule has 8 aromatic rings. The Morgan fingerprint density at radius 2 is 1.38 bits per heavy atom. The topological polar surface area (TPSA) is 85.5 Å². The van der Waals surface area contributed by atoms with Gasteiger partial charge in [0.25, 0.3) is 0 Å². The molecule has 0 saturated carbocycles. The lowest BCUT2D eigenvalue weighted by Gasteiger charge is -2.42. The molecule has 4 heterocycles. The van der Waals surface area contributed by atoms with Gasteiger partial charge < -0.3 is 20.3 Å². The second-order valence-electron chi connectivity index (χ2n) is 16.2. The lowest BCUT2D eigenvalue weighted by molar-refractivity contribution is 0.584. The minimum atomic E-state index is 0.193. The third-order valence-corrected chi connectivity index (χ3v) is 13.4. The number of nitrogens with zero attached hydrogens (tertiary/aromatic N) is 4. The Morgan fingerprint density at radius 3 is 2.03 bits per heavy atom. The molecule has 0 aliphatic heterocycles. The van der Waals surface area contributed by atoms with Crippen molar-refractivity contribution in [1.82, 2.24) is 19.1 Å². The minimum absolute atomic E-state index is 0.193. The Kier molecular flexibility index (Phi) is 8.24. The number of allylic oxidation sites excluding steroid dienone is 6. The Balaban J connectivity index is 1.38. The van der Waals surface area contributed by atoms with Gasteiger partial charge in [0, 0.05) is 52.0 Å². The van der Waals surface area contributed by atoms with Gasteiger partial charge in [0.1, 0.15) is 0 Å². The van der Waals surface area contributed by atoms with Crippen LogP contribution in [0.15, 0.2) is 135 Å². The van der Waals surface area contributed by atoms with Crippen molar-refractivity contribution in [2.24, 2.45) is 5.73 Å². The largest absolute Gasteiger partial charge is 0.405 e. The van der Waals surface area contributed by atoms with Crippen LogP contribution in [0.1, 0.15) is 86.1 Å². The highest BCUT2D eigenvalue weighted by molar-refractivity contribution is 6.18. The quantitative estimate of drug-likeness (QED) is 0.125. The van der Waals surface area contributed by atoms with Gasteiger partial charge in [-0.25, -0.2) is 0 Å². The average Bonchev–Trinajstić information content (AvgIpc) is 3.77. The molecule has 0 fully saturated rings. The van der Waals surface area contributed by atoms with Crippen LogP contribution in [0.5, 0.6) is 0 Å². The smallest absolute Gasteiger partial charge is 0.0645 e. The van der Waals surface area contributed by atoms with Crippen molar-refractivity contribution in [1.29, 1.82) is 5.41 Å². The van der Waals surface area contributed by atoms with Gasteiger partial charge in [0.05, 0.1) is 34.0 Å². The predicted molar refractivity (Wildman–Crippen MR) is 244 cm³/mol. The maximum atomic E-state index is 7.81. The van der Waals surface area contributed by atoms with Gasteiger partial charge in [-0.15, -0.1) is 0 Å². The van der Waals surface area contributed by atoms with Gasteiger partial charge in [-0.2, -0.15) is 0 Å². The number of aromatic nitrogens is 4. The molecular formula is C52H46N6. The number of fused-ring (bicyclic) bond motifs is 8. The summed E-state index contributed by atoms with van der Waals surface area (Å²) in [4.78, 5) is 8.93. The van der Waals surface area contributed by atoms with E-state index in [9.17, 15) is 0 Å². The van der Waals surface area contributed by atoms with Crippen molar-refractivity contribution in [2.75, 3.05) is 0 Å². The zero-order chi connectivity index (χ0) is 40.0. The third kappa shape index (κ3) is 4.94. The fourth-order valence-corrected chi connectivity index (χ4v) is 10.3. The Morgan fingerprint density at radius 1 is 0.707 bits per heavy atom. The molecule has 0 bridgehead atoms. The van der Waals surface area contributed by atoms with Crippen molar-refractivity contribution < 1.29 is 0 Å². The number of hydrogen-bond donors (Lipinski definition) is 2. The summed E-state index contributed by atoms with van der Waals surface area (Å²) in [7, 11) is 0. The summed E-state index contributed by atoms with van der Waals surface area (Å²) in [6, 6.07) is 27.1. The number of nitrogens with one attached hydrogen (secondary N) is 1. The monoisotopic (exact) mass is 754 g/mol. The van der Waals surface area contributed by atoms with Crippen LogP contribution in [0, 0.1) is 5.41 Å². The second kappa shape index (κ2) is 13.4. The Hall–Kier alpha value is -6.79. The van der Waals surface area contributed by atoms with Crippen molar-refractivity contribution >= 4 is 61.1 Å². The van der Waals surface area contributed by atoms with E-state index in [4.69, 9.17) is 11.1 Å². The van der Waals surface area contributed by atoms with Crippen LogP contribution < -0.4 is 5.73 Å². The van der Waals surface area contributed by atoms with Crippen LogP contribution in [0.3, 0.4) is 0 Å². The van der Waals surface area contributed by atoms with Crippen molar-refractivity contribution in [2.45, 2.75) is 58.3 Å². The normalized spacial score (nSPS) is 19.1. The molecule has 58 heavy (non-hydrogen) atoms. The van der Waals surface area contributed by atoms with Crippen molar-refractivity contribution in [3.05, 3.63) is 162 Å². The van der Waals surface area contributed by atoms with Gasteiger partial charge in [-0.3, -0.25) is 9.97 Å². The summed E-state index contributed by atoms with van der Waals surface area (Å²) >= 11 is 0. The van der Waals surface area contributed by atoms with E-state index in [0.29, 0.717) is 5.92 Å². The van der Waals surface area contributed by atoms with E-state index >= 15 is 0 Å². The Bertz CT molecular complexity index is 3120. The number of pyridine rings is 2. The molecule has 4 unspecified atom stereocenters. The van der Waals surface area contributed by atoms with Crippen molar-refractivity contribution in [3.63, 3.8) is 0 Å². The van der Waals surface area contributed by atoms with Crippen LogP contribution in [0.4, 0.5) is 0 Å². The first-order valence-electron chi connectivity index (χ1n) is 20.3. The van der Waals surface area contributed by atoms with Crippen LogP contribution in [-0.4, -0.2) is 25.3 Å². The number of rotatable bonds is 7. The van der Waals surface area contributed by atoms with Crippen LogP contribution in [0.25, 0.3) is 82.8 Å². The lowest BCUT2D eigenvalue weighted by atomic mass is 9.62. The van der Waals surface area contributed by atoms with Gasteiger partial charge in [0.2, 0.25) is 0 Å². The summed E-state index contributed by atoms with van der Waals surface area (Å²) < 4.78 is 4.93. The van der Waals surface area contributed by atoms with E-state index in [1.807, 2.05) is 49.1 Å². The molecule has 3 N–H and O–H groups in total. The first-order chi connectivity index (χ1) is 28.3. The molecule has 4 atom stereocenters. The number of benzene rings is 4. The molecule has 2 aliphatic rings. The van der Waals surface area contributed by atoms with E-state index in [0.717, 1.165) is 33.6 Å². The van der Waals surface area contributed by atoms with Crippen LogP contribution in [-0.2, 0) is 0 Å². The number of nitrogens with two attached hydrogens (primary N) is 1. The molecule has 6 heteroatoms. The second-order valence-corrected chi connectivity index (χ2v) is 16.2. The summed E-state index contributed by atoms with van der Waals surface area (Å²) in [6.45, 7) is 16.0. The molecule has 0 radical (unpaired) electrons. The molecule has 0 saturated heterocycles. The molecule has 2 aliphatic carbocycles. The van der Waals surface area contributed by atoms with Crippen LogP contribution in [0.2, 0.25) is 0 Å². The van der Waals surface area contributed by atoms with E-state index in [2.05, 4.69) is 133 Å². The molecule has 0 spiro atoms. The standard InChI is InChI=1S/C52H46N6/c1-7-34(16-20-54)36-12-14-45-41(24-36)43-26-39-30(3)31(4)40-27-44-42-25-37(35-17-22-55-23-18-35)13-15-46(42)58(38-11-9-21-56-28-38)52(44)48-33(6)32(5)47(49(39)50(40)48)51(43)57(45)29(2)10-8-19-53/h7-28,30-33,54H,1,53H2,2-6H3/b19-8-,29-10+,34-16+,54-20?. The average molecular weight is 755 g/mol. The van der Waals surface area contributed by atoms with E-state index in [-0.39, 0.29) is 17.8 Å². The van der Waals surface area contributed by atoms with Gasteiger partial charge in [-0.05, 0) is 171 Å². The predicted octanol–water partition coefficient (Wildman–Crippen LogP) is 13.0. The third-order valence-electron chi connectivity index (χ3n) is 13.4. The van der Waals surface area contributed by atoms with Gasteiger partial charge >= 0.3 is 0 Å². The molecule has 284 valence electrons. The molecule has 6 nitrogen and oxygen atoms in total. The zero-order valence-corrected chi connectivity index (χ0v) is 33.6. The summed E-state index contributed by atoms with van der Waals surface area (Å²) in [5.74, 6) is 0.968. The van der Waals surface area contributed by atoms with Crippen LogP contribution >= 0.6 is 0 Å². The van der Waals surface area contributed by atoms with Gasteiger partial charge in [-0.1, -0.05) is 52.5 Å².